The average molecular weight is 612 g/mol. The molecule has 37 heavy (non-hydrogen) atoms. The summed E-state index contributed by atoms with van der Waals surface area (Å²) in [6, 6.07) is 9.94. The van der Waals surface area contributed by atoms with Gasteiger partial charge < -0.3 is 4.90 Å². The smallest absolute Gasteiger partial charge is 0.264 e. The van der Waals surface area contributed by atoms with Crippen LogP contribution in [0.1, 0.15) is 35.1 Å². The molecule has 0 aliphatic carbocycles. The fraction of sp³-hybridized carbons (Fsp3) is 0.286. The summed E-state index contributed by atoms with van der Waals surface area (Å²) < 4.78 is 31.2. The number of alkyl halides is 2. The van der Waals surface area contributed by atoms with Gasteiger partial charge in [-0.1, -0.05) is 12.1 Å². The van der Waals surface area contributed by atoms with Crippen molar-refractivity contribution in [1.82, 2.24) is 19.8 Å². The van der Waals surface area contributed by atoms with E-state index in [2.05, 4.69) is 67.0 Å². The van der Waals surface area contributed by atoms with E-state index in [1.54, 1.807) is 18.5 Å². The highest BCUT2D eigenvalue weighted by atomic mass is 127. The number of aromatic nitrogens is 3. The molecule has 0 saturated carbocycles. The van der Waals surface area contributed by atoms with E-state index in [4.69, 9.17) is 0 Å². The summed E-state index contributed by atoms with van der Waals surface area (Å²) in [4.78, 5) is 6.65. The Morgan fingerprint density at radius 1 is 1.05 bits per heavy atom. The Morgan fingerprint density at radius 2 is 1.92 bits per heavy atom. The molecule has 0 amide bonds. The molecule has 0 unspecified atom stereocenters. The molecule has 0 spiro atoms. The molecule has 0 fully saturated rings. The molecule has 4 heterocycles. The number of fused-ring (bicyclic) bond motifs is 2. The Labute approximate surface area is 228 Å². The van der Waals surface area contributed by atoms with Gasteiger partial charge in [-0.25, -0.2) is 8.78 Å². The summed E-state index contributed by atoms with van der Waals surface area (Å²) >= 11 is 2.16. The first-order chi connectivity index (χ1) is 17.9. The maximum Gasteiger partial charge on any atom is 0.264 e. The van der Waals surface area contributed by atoms with Gasteiger partial charge in [0.25, 0.3) is 6.43 Å². The predicted octanol–water partition coefficient (Wildman–Crippen LogP) is 6.17. The monoisotopic (exact) mass is 612 g/mol. The van der Waals surface area contributed by atoms with Gasteiger partial charge in [0.15, 0.2) is 0 Å². The third-order valence-corrected chi connectivity index (χ3v) is 8.16. The van der Waals surface area contributed by atoms with E-state index in [1.807, 2.05) is 42.2 Å². The summed E-state index contributed by atoms with van der Waals surface area (Å²) in [7, 11) is 3.92. The fourth-order valence-electron chi connectivity index (χ4n) is 5.50. The second-order valence-electron chi connectivity index (χ2n) is 9.68. The first kappa shape index (κ1) is 24.1. The van der Waals surface area contributed by atoms with Gasteiger partial charge in [-0.2, -0.15) is 5.10 Å². The normalized spacial score (nSPS) is 15.9. The van der Waals surface area contributed by atoms with Crippen molar-refractivity contribution in [2.45, 2.75) is 25.8 Å². The zero-order chi connectivity index (χ0) is 25.7. The van der Waals surface area contributed by atoms with E-state index >= 15 is 0 Å². The lowest BCUT2D eigenvalue weighted by atomic mass is 9.96. The van der Waals surface area contributed by atoms with Crippen LogP contribution < -0.4 is 9.91 Å². The molecule has 4 aromatic rings. The number of benzene rings is 2. The van der Waals surface area contributed by atoms with Crippen molar-refractivity contribution in [2.24, 2.45) is 7.05 Å². The molecular formula is C28H27F2IN6. The van der Waals surface area contributed by atoms with Gasteiger partial charge in [-0.05, 0) is 81.3 Å². The number of hydrogen-bond acceptors (Lipinski definition) is 5. The Morgan fingerprint density at radius 3 is 2.70 bits per heavy atom. The van der Waals surface area contributed by atoms with Crippen LogP contribution in [0.25, 0.3) is 16.3 Å². The minimum Gasteiger partial charge on any atom is -0.365 e. The number of anilines is 2. The van der Waals surface area contributed by atoms with Crippen LogP contribution in [0.5, 0.6) is 0 Å². The molecule has 2 aromatic carbocycles. The maximum absolute atomic E-state index is 14.2. The van der Waals surface area contributed by atoms with Gasteiger partial charge in [0.05, 0.1) is 24.1 Å². The lowest BCUT2D eigenvalue weighted by Gasteiger charge is -2.30. The van der Waals surface area contributed by atoms with Crippen LogP contribution in [0.4, 0.5) is 20.2 Å². The van der Waals surface area contributed by atoms with Crippen molar-refractivity contribution in [2.75, 3.05) is 30.0 Å². The summed E-state index contributed by atoms with van der Waals surface area (Å²) in [5.74, 6) is 0. The molecule has 2 aliphatic rings. The first-order valence-corrected chi connectivity index (χ1v) is 13.4. The molecular weight excluding hydrogens is 585 g/mol. The summed E-state index contributed by atoms with van der Waals surface area (Å²) in [5, 5.41) is 10.3. The van der Waals surface area contributed by atoms with Gasteiger partial charge in [0.1, 0.15) is 0 Å². The quantitative estimate of drug-likeness (QED) is 0.258. The Kier molecular flexibility index (Phi) is 6.26. The number of nitrogens with zero attached hydrogens (tertiary/aromatic N) is 6. The molecule has 2 aromatic heterocycles. The molecule has 6 nitrogen and oxygen atoms in total. The molecule has 0 radical (unpaired) electrons. The minimum atomic E-state index is -2.56. The highest BCUT2D eigenvalue weighted by Crippen LogP contribution is 2.39. The lowest BCUT2D eigenvalue weighted by molar-refractivity contribution is 0.151. The predicted molar refractivity (Wildman–Crippen MR) is 152 cm³/mol. The summed E-state index contributed by atoms with van der Waals surface area (Å²) in [6.07, 6.45) is 8.84. The van der Waals surface area contributed by atoms with Crippen molar-refractivity contribution in [3.05, 3.63) is 87.1 Å². The lowest BCUT2D eigenvalue weighted by Crippen LogP contribution is -2.33. The van der Waals surface area contributed by atoms with E-state index in [0.717, 1.165) is 57.2 Å². The standard InChI is InChI=1S/C28H27F2IN6/c1-34-17-21(12-33-34)36-8-4-6-22-18(15-36)5-3-7-27(22)37-16-20(14-35(37)2)23-9-19-11-32-13-26(31)24(19)10-25(23)28(29)30/h3,5,7,9-14,17,28H,4,6,8,15-16H2,1-2H3. The van der Waals surface area contributed by atoms with Crippen molar-refractivity contribution in [3.63, 3.8) is 0 Å². The number of halogens is 3. The van der Waals surface area contributed by atoms with Gasteiger partial charge >= 0.3 is 0 Å². The van der Waals surface area contributed by atoms with Gasteiger partial charge in [-0.15, -0.1) is 0 Å². The van der Waals surface area contributed by atoms with Crippen molar-refractivity contribution >= 4 is 50.3 Å². The summed E-state index contributed by atoms with van der Waals surface area (Å²) in [6.45, 7) is 2.31. The van der Waals surface area contributed by atoms with Crippen LogP contribution in [-0.2, 0) is 20.0 Å². The second-order valence-corrected chi connectivity index (χ2v) is 10.8. The van der Waals surface area contributed by atoms with E-state index in [0.29, 0.717) is 12.1 Å². The molecule has 0 bridgehead atoms. The third kappa shape index (κ3) is 4.43. The molecule has 9 heteroatoms. The molecule has 0 saturated heterocycles. The Balaban J connectivity index is 1.34. The van der Waals surface area contributed by atoms with E-state index in [9.17, 15) is 8.78 Å². The number of aryl methyl sites for hydroxylation is 1. The highest BCUT2D eigenvalue weighted by Gasteiger charge is 2.28. The summed E-state index contributed by atoms with van der Waals surface area (Å²) in [5.41, 5.74) is 6.41. The zero-order valence-electron chi connectivity index (χ0n) is 20.7. The highest BCUT2D eigenvalue weighted by molar-refractivity contribution is 14.1. The van der Waals surface area contributed by atoms with Crippen LogP contribution in [0.2, 0.25) is 0 Å². The molecule has 190 valence electrons. The molecule has 6 rings (SSSR count). The van der Waals surface area contributed by atoms with E-state index in [1.165, 1.54) is 11.1 Å². The first-order valence-electron chi connectivity index (χ1n) is 12.3. The second kappa shape index (κ2) is 9.59. The fourth-order valence-corrected chi connectivity index (χ4v) is 6.13. The molecule has 2 aliphatic heterocycles. The van der Waals surface area contributed by atoms with Gasteiger partial charge in [0.2, 0.25) is 0 Å². The van der Waals surface area contributed by atoms with Crippen molar-refractivity contribution < 1.29 is 8.78 Å². The molecule has 0 atom stereocenters. The third-order valence-electron chi connectivity index (χ3n) is 7.30. The topological polar surface area (TPSA) is 40.4 Å². The van der Waals surface area contributed by atoms with E-state index in [-0.39, 0.29) is 5.56 Å². The zero-order valence-corrected chi connectivity index (χ0v) is 22.9. The van der Waals surface area contributed by atoms with Crippen LogP contribution in [0, 0.1) is 3.57 Å². The van der Waals surface area contributed by atoms with Gasteiger partial charge in [-0.3, -0.25) is 19.7 Å². The maximum atomic E-state index is 14.2. The Hall–Kier alpha value is -3.21. The SMILES string of the molecule is CN1C=C(c2cc3cncc(I)c3cc2C(F)F)CN1c1cccc2c1CCCN(c1cnn(C)c1)C2. The van der Waals surface area contributed by atoms with Crippen molar-refractivity contribution in [3.8, 4) is 0 Å². The largest absolute Gasteiger partial charge is 0.365 e. The van der Waals surface area contributed by atoms with Crippen LogP contribution in [-0.4, -0.2) is 39.9 Å². The van der Waals surface area contributed by atoms with Gasteiger partial charge in [0, 0.05) is 66.5 Å². The van der Waals surface area contributed by atoms with Crippen LogP contribution in [0.3, 0.4) is 0 Å². The number of hydrogen-bond donors (Lipinski definition) is 0. The number of hydrazine groups is 1. The minimum absolute atomic E-state index is 0.0668. The van der Waals surface area contributed by atoms with Crippen LogP contribution >= 0.6 is 22.6 Å². The number of rotatable bonds is 4. The van der Waals surface area contributed by atoms with E-state index < -0.39 is 6.43 Å². The van der Waals surface area contributed by atoms with Crippen molar-refractivity contribution in [1.29, 1.82) is 0 Å². The Bertz CT molecular complexity index is 1510. The molecule has 0 N–H and O–H groups in total. The van der Waals surface area contributed by atoms with Crippen LogP contribution in [0.15, 0.2) is 61.3 Å². The number of pyridine rings is 1. The average Bonchev–Trinajstić information content (AvgIpc) is 3.41.